The number of aromatic amines is 1. The molecule has 0 amide bonds. The number of aryl methyl sites for hydroxylation is 1. The van der Waals surface area contributed by atoms with Crippen molar-refractivity contribution in [3.05, 3.63) is 48.3 Å². The van der Waals surface area contributed by atoms with Gasteiger partial charge < -0.3 is 9.47 Å². The summed E-state index contributed by atoms with van der Waals surface area (Å²) in [5.74, 6) is 1.35. The summed E-state index contributed by atoms with van der Waals surface area (Å²) in [5.41, 5.74) is 5.19. The van der Waals surface area contributed by atoms with Gasteiger partial charge in [-0.05, 0) is 43.3 Å². The lowest BCUT2D eigenvalue weighted by Crippen LogP contribution is -1.98. The lowest BCUT2D eigenvalue weighted by Gasteiger charge is -2.09. The Morgan fingerprint density at radius 3 is 2.56 bits per heavy atom. The third kappa shape index (κ3) is 2.50. The molecular weight excluding hydrogens is 318 g/mol. The lowest BCUT2D eigenvalue weighted by molar-refractivity contribution is 0.355. The Morgan fingerprint density at radius 2 is 1.84 bits per heavy atom. The molecule has 4 rings (SSSR count). The summed E-state index contributed by atoms with van der Waals surface area (Å²) < 4.78 is 12.5. The van der Waals surface area contributed by atoms with Crippen LogP contribution in [0.15, 0.2) is 42.6 Å². The van der Waals surface area contributed by atoms with Crippen molar-refractivity contribution in [3.63, 3.8) is 0 Å². The molecule has 0 saturated heterocycles. The minimum absolute atomic E-state index is 0.664. The Kier molecular flexibility index (Phi) is 3.61. The Morgan fingerprint density at radius 1 is 1.00 bits per heavy atom. The van der Waals surface area contributed by atoms with E-state index in [9.17, 15) is 0 Å². The number of hydrogen-bond donors (Lipinski definition) is 1. The monoisotopic (exact) mass is 335 g/mol. The maximum Gasteiger partial charge on any atom is 0.161 e. The minimum atomic E-state index is 0.664. The van der Waals surface area contributed by atoms with Gasteiger partial charge in [-0.25, -0.2) is 9.50 Å². The molecule has 3 aromatic heterocycles. The van der Waals surface area contributed by atoms with Crippen molar-refractivity contribution in [2.24, 2.45) is 0 Å². The molecule has 0 saturated carbocycles. The molecule has 1 aromatic carbocycles. The zero-order chi connectivity index (χ0) is 17.4. The number of methoxy groups -OCH3 is 2. The minimum Gasteiger partial charge on any atom is -0.493 e. The number of ether oxygens (including phenoxy) is 2. The smallest absolute Gasteiger partial charge is 0.161 e. The zero-order valence-electron chi connectivity index (χ0n) is 14.1. The van der Waals surface area contributed by atoms with Crippen LogP contribution in [0.25, 0.3) is 28.3 Å². The number of nitrogens with zero attached hydrogens (tertiary/aromatic N) is 4. The standard InChI is InChI=1S/C18H17N5O2/c1-11-18(14-8-9-19-21-14)23-17(20-11)7-5-13(22-23)12-4-6-15(24-2)16(10-12)25-3/h4-10H,1-3H3,(H,19,21). The van der Waals surface area contributed by atoms with Gasteiger partial charge in [0.25, 0.3) is 0 Å². The molecule has 7 nitrogen and oxygen atoms in total. The fraction of sp³-hybridized carbons (Fsp3) is 0.167. The average Bonchev–Trinajstić information content (AvgIpc) is 3.26. The molecule has 126 valence electrons. The number of fused-ring (bicyclic) bond motifs is 1. The van der Waals surface area contributed by atoms with E-state index in [-0.39, 0.29) is 0 Å². The van der Waals surface area contributed by atoms with E-state index in [1.807, 2.05) is 47.8 Å². The van der Waals surface area contributed by atoms with Crippen LogP contribution in [0, 0.1) is 6.92 Å². The van der Waals surface area contributed by atoms with Crippen LogP contribution in [0.1, 0.15) is 5.69 Å². The highest BCUT2D eigenvalue weighted by molar-refractivity contribution is 5.67. The van der Waals surface area contributed by atoms with E-state index in [4.69, 9.17) is 14.6 Å². The summed E-state index contributed by atoms with van der Waals surface area (Å²) in [6.07, 6.45) is 1.71. The predicted molar refractivity (Wildman–Crippen MR) is 93.8 cm³/mol. The summed E-state index contributed by atoms with van der Waals surface area (Å²) in [6.45, 7) is 1.96. The van der Waals surface area contributed by atoms with Gasteiger partial charge in [0.05, 0.1) is 31.3 Å². The van der Waals surface area contributed by atoms with Crippen molar-refractivity contribution < 1.29 is 9.47 Å². The molecule has 4 aromatic rings. The van der Waals surface area contributed by atoms with E-state index >= 15 is 0 Å². The lowest BCUT2D eigenvalue weighted by atomic mass is 10.1. The Bertz CT molecular complexity index is 1040. The highest BCUT2D eigenvalue weighted by Crippen LogP contribution is 2.32. The summed E-state index contributed by atoms with van der Waals surface area (Å²) in [5, 5.41) is 11.8. The zero-order valence-corrected chi connectivity index (χ0v) is 14.1. The van der Waals surface area contributed by atoms with E-state index in [0.717, 1.165) is 34.0 Å². The van der Waals surface area contributed by atoms with Crippen molar-refractivity contribution in [1.82, 2.24) is 24.8 Å². The molecule has 0 aliphatic carbocycles. The molecule has 0 bridgehead atoms. The summed E-state index contributed by atoms with van der Waals surface area (Å²) in [6, 6.07) is 11.5. The van der Waals surface area contributed by atoms with Crippen LogP contribution in [0.3, 0.4) is 0 Å². The quantitative estimate of drug-likeness (QED) is 0.620. The SMILES string of the molecule is COc1ccc(-c2ccc3nc(C)c(-c4ccn[nH]4)n3n2)cc1OC. The second-order valence-electron chi connectivity index (χ2n) is 5.57. The van der Waals surface area contributed by atoms with Crippen molar-refractivity contribution in [1.29, 1.82) is 0 Å². The van der Waals surface area contributed by atoms with Gasteiger partial charge in [-0.3, -0.25) is 5.10 Å². The van der Waals surface area contributed by atoms with Crippen LogP contribution in [-0.4, -0.2) is 39.0 Å². The van der Waals surface area contributed by atoms with Crippen LogP contribution >= 0.6 is 0 Å². The van der Waals surface area contributed by atoms with E-state index in [1.165, 1.54) is 0 Å². The van der Waals surface area contributed by atoms with Gasteiger partial charge in [0.15, 0.2) is 17.1 Å². The number of benzene rings is 1. The van der Waals surface area contributed by atoms with Crippen molar-refractivity contribution in [2.75, 3.05) is 14.2 Å². The van der Waals surface area contributed by atoms with Gasteiger partial charge in [0, 0.05) is 11.8 Å². The number of imidazole rings is 1. The summed E-state index contributed by atoms with van der Waals surface area (Å²) in [4.78, 5) is 4.57. The molecule has 0 radical (unpaired) electrons. The molecule has 0 fully saturated rings. The van der Waals surface area contributed by atoms with Gasteiger partial charge in [0.2, 0.25) is 0 Å². The van der Waals surface area contributed by atoms with E-state index < -0.39 is 0 Å². The molecule has 25 heavy (non-hydrogen) atoms. The van der Waals surface area contributed by atoms with Gasteiger partial charge in [0.1, 0.15) is 5.69 Å². The van der Waals surface area contributed by atoms with Gasteiger partial charge in [-0.2, -0.15) is 10.2 Å². The number of hydrogen-bond acceptors (Lipinski definition) is 5. The number of rotatable bonds is 4. The summed E-state index contributed by atoms with van der Waals surface area (Å²) in [7, 11) is 3.24. The van der Waals surface area contributed by atoms with Crippen molar-refractivity contribution in [3.8, 4) is 34.1 Å². The van der Waals surface area contributed by atoms with Crippen LogP contribution in [-0.2, 0) is 0 Å². The second-order valence-corrected chi connectivity index (χ2v) is 5.57. The van der Waals surface area contributed by atoms with E-state index in [1.54, 1.807) is 20.4 Å². The fourth-order valence-electron chi connectivity index (χ4n) is 2.89. The van der Waals surface area contributed by atoms with E-state index in [2.05, 4.69) is 15.2 Å². The molecule has 0 unspecified atom stereocenters. The maximum absolute atomic E-state index is 5.39. The van der Waals surface area contributed by atoms with Gasteiger partial charge >= 0.3 is 0 Å². The number of nitrogens with one attached hydrogen (secondary N) is 1. The first-order valence-corrected chi connectivity index (χ1v) is 7.80. The first-order chi connectivity index (χ1) is 12.2. The third-order valence-corrected chi connectivity index (χ3v) is 4.09. The topological polar surface area (TPSA) is 77.3 Å². The fourth-order valence-corrected chi connectivity index (χ4v) is 2.89. The molecule has 1 N–H and O–H groups in total. The first-order valence-electron chi connectivity index (χ1n) is 7.80. The largest absolute Gasteiger partial charge is 0.493 e. The van der Waals surface area contributed by atoms with Crippen molar-refractivity contribution >= 4 is 5.65 Å². The molecule has 0 spiro atoms. The molecule has 0 aliphatic rings. The highest BCUT2D eigenvalue weighted by Gasteiger charge is 2.15. The highest BCUT2D eigenvalue weighted by atomic mass is 16.5. The van der Waals surface area contributed by atoms with E-state index in [0.29, 0.717) is 11.5 Å². The molecule has 7 heteroatoms. The normalized spacial score (nSPS) is 11.0. The number of H-pyrrole nitrogens is 1. The molecule has 3 heterocycles. The van der Waals surface area contributed by atoms with Crippen LogP contribution in [0.5, 0.6) is 11.5 Å². The van der Waals surface area contributed by atoms with Crippen LogP contribution in [0.2, 0.25) is 0 Å². The maximum atomic E-state index is 5.39. The Balaban J connectivity index is 1.88. The van der Waals surface area contributed by atoms with Gasteiger partial charge in [-0.15, -0.1) is 0 Å². The summed E-state index contributed by atoms with van der Waals surface area (Å²) >= 11 is 0. The molecule has 0 aliphatic heterocycles. The third-order valence-electron chi connectivity index (χ3n) is 4.09. The Labute approximate surface area is 144 Å². The second kappa shape index (κ2) is 5.94. The Hall–Kier alpha value is -3.35. The first kappa shape index (κ1) is 15.2. The van der Waals surface area contributed by atoms with Gasteiger partial charge in [-0.1, -0.05) is 0 Å². The number of aromatic nitrogens is 5. The molecule has 0 atom stereocenters. The van der Waals surface area contributed by atoms with Crippen LogP contribution in [0.4, 0.5) is 0 Å². The predicted octanol–water partition coefficient (Wildman–Crippen LogP) is 3.11. The average molecular weight is 335 g/mol. The van der Waals surface area contributed by atoms with Crippen molar-refractivity contribution in [2.45, 2.75) is 6.92 Å². The molecular formula is C18H17N5O2. The van der Waals surface area contributed by atoms with Crippen LogP contribution < -0.4 is 9.47 Å².